The van der Waals surface area contributed by atoms with E-state index in [9.17, 15) is 19.8 Å². The van der Waals surface area contributed by atoms with Gasteiger partial charge in [0.15, 0.2) is 0 Å². The van der Waals surface area contributed by atoms with Gasteiger partial charge in [-0.05, 0) is 30.9 Å². The fraction of sp³-hybridized carbons (Fsp3) is 0.565. The van der Waals surface area contributed by atoms with Gasteiger partial charge in [0.05, 0.1) is 17.9 Å². The Hall–Kier alpha value is -2.78. The Balaban J connectivity index is 1.96. The normalized spacial score (nSPS) is 20.3. The van der Waals surface area contributed by atoms with E-state index >= 15 is 0 Å². The molecule has 3 rings (SSSR count). The quantitative estimate of drug-likeness (QED) is 0.644. The average Bonchev–Trinajstić information content (AvgIpc) is 3.33. The van der Waals surface area contributed by atoms with E-state index in [0.717, 1.165) is 11.1 Å². The zero-order valence-electron chi connectivity index (χ0n) is 19.5. The number of β-amino-alcohol motifs (C(OH)–C–C–N with tert-alkyl or cyclic N) is 1. The summed E-state index contributed by atoms with van der Waals surface area (Å²) >= 11 is 0. The van der Waals surface area contributed by atoms with E-state index < -0.39 is 29.2 Å². The second kappa shape index (κ2) is 8.63. The molecule has 1 saturated heterocycles. The Bertz CT molecular complexity index is 989. The molecular formula is C23H33N5O4. The molecule has 0 radical (unpaired) electrons. The lowest BCUT2D eigenvalue weighted by atomic mass is 9.85. The molecule has 0 bridgehead atoms. The zero-order valence-corrected chi connectivity index (χ0v) is 19.5. The van der Waals surface area contributed by atoms with Crippen molar-refractivity contribution in [3.8, 4) is 11.3 Å². The maximum absolute atomic E-state index is 13.6. The summed E-state index contributed by atoms with van der Waals surface area (Å²) in [6.45, 7) is 9.29. The molecule has 3 atom stereocenters. The minimum atomic E-state index is -0.999. The number of nitrogens with one attached hydrogen (secondary N) is 1. The van der Waals surface area contributed by atoms with Crippen LogP contribution in [0.4, 0.5) is 0 Å². The summed E-state index contributed by atoms with van der Waals surface area (Å²) in [4.78, 5) is 27.4. The summed E-state index contributed by atoms with van der Waals surface area (Å²) in [5, 5.41) is 31.5. The lowest BCUT2D eigenvalue weighted by Crippen LogP contribution is -2.49. The van der Waals surface area contributed by atoms with Crippen LogP contribution in [0, 0.1) is 5.41 Å². The first-order valence-electron chi connectivity index (χ1n) is 10.8. The number of aromatic nitrogens is 3. The van der Waals surface area contributed by atoms with Gasteiger partial charge in [0.1, 0.15) is 17.8 Å². The van der Waals surface area contributed by atoms with Crippen molar-refractivity contribution in [1.29, 1.82) is 0 Å². The number of nitrogens with zero attached hydrogens (tertiary/aromatic N) is 4. The Labute approximate surface area is 188 Å². The molecule has 3 N–H and O–H groups in total. The molecule has 32 heavy (non-hydrogen) atoms. The zero-order chi connectivity index (χ0) is 23.8. The third kappa shape index (κ3) is 4.83. The number of hydrogen-bond donors (Lipinski definition) is 3. The molecule has 9 heteroatoms. The molecule has 1 aliphatic rings. The van der Waals surface area contributed by atoms with Gasteiger partial charge in [-0.2, -0.15) is 0 Å². The van der Waals surface area contributed by atoms with Crippen molar-refractivity contribution in [2.75, 3.05) is 13.6 Å². The molecule has 2 amide bonds. The lowest BCUT2D eigenvalue weighted by Gasteiger charge is -2.34. The number of carbonyl (C=O) groups excluding carboxylic acids is 2. The van der Waals surface area contributed by atoms with Crippen LogP contribution in [0.1, 0.15) is 52.6 Å². The highest BCUT2D eigenvalue weighted by Gasteiger charge is 2.45. The Morgan fingerprint density at radius 1 is 1.22 bits per heavy atom. The molecule has 0 saturated carbocycles. The van der Waals surface area contributed by atoms with Gasteiger partial charge in [-0.25, -0.2) is 4.68 Å². The van der Waals surface area contributed by atoms with Gasteiger partial charge in [0.2, 0.25) is 11.8 Å². The maximum Gasteiger partial charge on any atom is 0.248 e. The molecule has 174 valence electrons. The number of benzene rings is 1. The van der Waals surface area contributed by atoms with Gasteiger partial charge in [-0.15, -0.1) is 5.10 Å². The number of carbonyl (C=O) groups is 2. The van der Waals surface area contributed by atoms with Crippen molar-refractivity contribution in [3.05, 3.63) is 36.0 Å². The number of likely N-dealkylation sites (tertiary alicyclic amines) is 1. The number of aliphatic hydroxyl groups excluding tert-OH is 1. The van der Waals surface area contributed by atoms with Crippen LogP contribution in [-0.2, 0) is 15.2 Å². The standard InChI is InChI=1S/C23H33N5O4/c1-22(2,3)19(21(31)27-12-16(29)11-18(27)20(30)24-6)28-13-17(25-26-28)14-8-7-9-15(10-14)23(4,5)32/h7-10,13,16,18-19,29,32H,11-12H2,1-6H3,(H,24,30)/t16-,18+,19-/m1/s1. The van der Waals surface area contributed by atoms with Crippen molar-refractivity contribution < 1.29 is 19.8 Å². The van der Waals surface area contributed by atoms with Crippen LogP contribution < -0.4 is 5.32 Å². The summed E-state index contributed by atoms with van der Waals surface area (Å²) in [5.74, 6) is -0.588. The molecular weight excluding hydrogens is 410 g/mol. The summed E-state index contributed by atoms with van der Waals surface area (Å²) in [6, 6.07) is 5.95. The molecule has 9 nitrogen and oxygen atoms in total. The smallest absolute Gasteiger partial charge is 0.248 e. The Morgan fingerprint density at radius 3 is 2.50 bits per heavy atom. The minimum absolute atomic E-state index is 0.0959. The monoisotopic (exact) mass is 443 g/mol. The second-order valence-electron chi connectivity index (χ2n) is 10.0. The lowest BCUT2D eigenvalue weighted by molar-refractivity contribution is -0.144. The van der Waals surface area contributed by atoms with Crippen LogP contribution >= 0.6 is 0 Å². The molecule has 1 aliphatic heterocycles. The molecule has 1 fully saturated rings. The van der Waals surface area contributed by atoms with Crippen molar-refractivity contribution in [1.82, 2.24) is 25.2 Å². The highest BCUT2D eigenvalue weighted by atomic mass is 16.3. The molecule has 1 aromatic heterocycles. The highest BCUT2D eigenvalue weighted by Crippen LogP contribution is 2.35. The van der Waals surface area contributed by atoms with E-state index in [0.29, 0.717) is 5.69 Å². The van der Waals surface area contributed by atoms with Crippen molar-refractivity contribution in [2.45, 2.75) is 64.8 Å². The Kier molecular flexibility index (Phi) is 6.44. The van der Waals surface area contributed by atoms with E-state index in [-0.39, 0.29) is 24.8 Å². The third-order valence-corrected chi connectivity index (χ3v) is 5.80. The minimum Gasteiger partial charge on any atom is -0.391 e. The van der Waals surface area contributed by atoms with E-state index in [4.69, 9.17) is 0 Å². The number of aliphatic hydroxyl groups is 2. The van der Waals surface area contributed by atoms with Crippen molar-refractivity contribution in [2.24, 2.45) is 5.41 Å². The van der Waals surface area contributed by atoms with E-state index in [1.54, 1.807) is 20.0 Å². The van der Waals surface area contributed by atoms with Crippen molar-refractivity contribution in [3.63, 3.8) is 0 Å². The van der Waals surface area contributed by atoms with Crippen molar-refractivity contribution >= 4 is 11.8 Å². The van der Waals surface area contributed by atoms with Crippen LogP contribution in [0.3, 0.4) is 0 Å². The fourth-order valence-electron chi connectivity index (χ4n) is 4.10. The second-order valence-corrected chi connectivity index (χ2v) is 10.0. The summed E-state index contributed by atoms with van der Waals surface area (Å²) in [5.41, 5.74) is 0.560. The predicted octanol–water partition coefficient (Wildman–Crippen LogP) is 1.47. The van der Waals surface area contributed by atoms with Gasteiger partial charge >= 0.3 is 0 Å². The first kappa shape index (κ1) is 23.9. The van der Waals surface area contributed by atoms with Crippen LogP contribution in [0.25, 0.3) is 11.3 Å². The number of amides is 2. The van der Waals surface area contributed by atoms with E-state index in [1.165, 1.54) is 16.6 Å². The number of rotatable bonds is 5. The van der Waals surface area contributed by atoms with Gasteiger partial charge < -0.3 is 20.4 Å². The van der Waals surface area contributed by atoms with Gasteiger partial charge in [-0.1, -0.05) is 44.2 Å². The highest BCUT2D eigenvalue weighted by molar-refractivity contribution is 5.90. The summed E-state index contributed by atoms with van der Waals surface area (Å²) in [6.07, 6.45) is 1.16. The molecule has 0 unspecified atom stereocenters. The average molecular weight is 444 g/mol. The topological polar surface area (TPSA) is 121 Å². The van der Waals surface area contributed by atoms with Gasteiger partial charge in [-0.3, -0.25) is 9.59 Å². The molecule has 1 aromatic carbocycles. The largest absolute Gasteiger partial charge is 0.391 e. The van der Waals surface area contributed by atoms with E-state index in [1.807, 2.05) is 45.0 Å². The number of likely N-dealkylation sites (N-methyl/N-ethyl adjacent to an activating group) is 1. The van der Waals surface area contributed by atoms with Crippen LogP contribution in [0.5, 0.6) is 0 Å². The third-order valence-electron chi connectivity index (χ3n) is 5.80. The molecule has 0 aliphatic carbocycles. The first-order valence-corrected chi connectivity index (χ1v) is 10.8. The first-order chi connectivity index (χ1) is 14.8. The van der Waals surface area contributed by atoms with Crippen LogP contribution in [0.2, 0.25) is 0 Å². The summed E-state index contributed by atoms with van der Waals surface area (Å²) in [7, 11) is 1.52. The van der Waals surface area contributed by atoms with Gasteiger partial charge in [0, 0.05) is 25.6 Å². The maximum atomic E-state index is 13.6. The SMILES string of the molecule is CNC(=O)[C@@H]1C[C@@H](O)CN1C(=O)[C@@H](n1cc(-c2cccc(C(C)(C)O)c2)nn1)C(C)(C)C. The number of hydrogen-bond acceptors (Lipinski definition) is 6. The fourth-order valence-corrected chi connectivity index (χ4v) is 4.10. The Morgan fingerprint density at radius 2 is 1.91 bits per heavy atom. The predicted molar refractivity (Wildman–Crippen MR) is 119 cm³/mol. The summed E-state index contributed by atoms with van der Waals surface area (Å²) < 4.78 is 1.53. The van der Waals surface area contributed by atoms with Crippen LogP contribution in [-0.4, -0.2) is 67.7 Å². The van der Waals surface area contributed by atoms with Gasteiger partial charge in [0.25, 0.3) is 0 Å². The molecule has 2 aromatic rings. The molecule has 0 spiro atoms. The molecule has 2 heterocycles. The van der Waals surface area contributed by atoms with E-state index in [2.05, 4.69) is 15.6 Å². The van der Waals surface area contributed by atoms with Crippen LogP contribution in [0.15, 0.2) is 30.5 Å².